The van der Waals surface area contributed by atoms with Crippen LogP contribution in [0.5, 0.6) is 0 Å². The fourth-order valence-corrected chi connectivity index (χ4v) is 3.44. The molecule has 0 unspecified atom stereocenters. The van der Waals surface area contributed by atoms with Gasteiger partial charge in [-0.1, -0.05) is 11.6 Å². The van der Waals surface area contributed by atoms with Crippen molar-refractivity contribution in [2.75, 3.05) is 0 Å². The summed E-state index contributed by atoms with van der Waals surface area (Å²) in [5, 5.41) is 4.14. The lowest BCUT2D eigenvalue weighted by Crippen LogP contribution is -2.30. The molecule has 0 atom stereocenters. The molecule has 1 N–H and O–H groups in total. The predicted octanol–water partition coefficient (Wildman–Crippen LogP) is 1.41. The number of hydrogen-bond donors (Lipinski definition) is 1. The second-order valence-electron chi connectivity index (χ2n) is 4.80. The molecule has 24 heavy (non-hydrogen) atoms. The Kier molecular flexibility index (Phi) is 4.08. The van der Waals surface area contributed by atoms with Crippen LogP contribution in [0.4, 0.5) is 0 Å². The molecule has 3 rings (SSSR count). The van der Waals surface area contributed by atoms with E-state index in [0.717, 1.165) is 10.9 Å². The van der Waals surface area contributed by atoms with Crippen molar-refractivity contribution in [2.24, 2.45) is 0 Å². The number of sulfone groups is 1. The van der Waals surface area contributed by atoms with Crippen molar-refractivity contribution in [2.45, 2.75) is 9.79 Å². The minimum atomic E-state index is -3.70. The summed E-state index contributed by atoms with van der Waals surface area (Å²) in [7, 11) is -3.70. The number of benzene rings is 2. The first-order valence-corrected chi connectivity index (χ1v) is 8.54. The molecule has 1 heterocycles. The third-order valence-electron chi connectivity index (χ3n) is 3.23. The fraction of sp³-hybridized carbons (Fsp3) is 0. The number of nitrogens with one attached hydrogen (secondary N) is 1. The van der Waals surface area contributed by atoms with Gasteiger partial charge in [0.1, 0.15) is 6.20 Å². The molecule has 1 aromatic heterocycles. The molecule has 0 spiro atoms. The molecule has 0 bridgehead atoms. The van der Waals surface area contributed by atoms with Crippen LogP contribution < -0.4 is 11.2 Å². The van der Waals surface area contributed by atoms with Gasteiger partial charge in [0.15, 0.2) is 0 Å². The highest BCUT2D eigenvalue weighted by Crippen LogP contribution is 2.23. The van der Waals surface area contributed by atoms with E-state index in [2.05, 4.69) is 10.1 Å². The molecule has 0 aliphatic heterocycles. The van der Waals surface area contributed by atoms with Gasteiger partial charge >= 0.3 is 5.69 Å². The minimum Gasteiger partial charge on any atom is -0.271 e. The molecule has 0 aliphatic rings. The molecule has 7 nitrogen and oxygen atoms in total. The predicted molar refractivity (Wildman–Crippen MR) is 87.4 cm³/mol. The van der Waals surface area contributed by atoms with Crippen LogP contribution in [-0.2, 0) is 9.84 Å². The molecule has 0 aliphatic carbocycles. The Labute approximate surface area is 141 Å². The van der Waals surface area contributed by atoms with Crippen LogP contribution in [0.2, 0.25) is 5.02 Å². The molecular formula is C15H10ClN3O4S. The van der Waals surface area contributed by atoms with Gasteiger partial charge < -0.3 is 0 Å². The number of aromatic nitrogens is 3. The van der Waals surface area contributed by atoms with E-state index in [1.165, 1.54) is 48.5 Å². The molecule has 0 saturated heterocycles. The van der Waals surface area contributed by atoms with Crippen LogP contribution in [0.1, 0.15) is 0 Å². The summed E-state index contributed by atoms with van der Waals surface area (Å²) < 4.78 is 26.0. The average molecular weight is 364 g/mol. The van der Waals surface area contributed by atoms with E-state index >= 15 is 0 Å². The molecule has 0 saturated carbocycles. The summed E-state index contributed by atoms with van der Waals surface area (Å²) in [6.45, 7) is 0. The number of aromatic amines is 1. The first-order valence-electron chi connectivity index (χ1n) is 6.68. The summed E-state index contributed by atoms with van der Waals surface area (Å²) in [6, 6.07) is 11.4. The smallest absolute Gasteiger partial charge is 0.271 e. The topological polar surface area (TPSA) is 102 Å². The molecule has 0 fully saturated rings. The van der Waals surface area contributed by atoms with Crippen molar-refractivity contribution in [3.63, 3.8) is 0 Å². The van der Waals surface area contributed by atoms with Crippen molar-refractivity contribution in [3.05, 3.63) is 80.6 Å². The monoisotopic (exact) mass is 363 g/mol. The van der Waals surface area contributed by atoms with Crippen LogP contribution >= 0.6 is 11.6 Å². The number of halogens is 1. The normalized spacial score (nSPS) is 11.4. The Morgan fingerprint density at radius 2 is 1.46 bits per heavy atom. The van der Waals surface area contributed by atoms with E-state index in [9.17, 15) is 18.0 Å². The fourth-order valence-electron chi connectivity index (χ4n) is 2.05. The van der Waals surface area contributed by atoms with Gasteiger partial charge in [0.05, 0.1) is 15.5 Å². The molecular weight excluding hydrogens is 354 g/mol. The Bertz CT molecular complexity index is 1100. The molecule has 2 aromatic carbocycles. The standard InChI is InChI=1S/C15H10ClN3O4S/c16-10-1-5-12(6-2-10)24(22,23)13-7-3-11(4-8-13)19-15(21)18-14(20)9-17-19/h1-9H,(H,18,20,21). The van der Waals surface area contributed by atoms with Crippen LogP contribution in [0.25, 0.3) is 5.69 Å². The quantitative estimate of drug-likeness (QED) is 0.758. The van der Waals surface area contributed by atoms with Crippen LogP contribution in [0, 0.1) is 0 Å². The highest BCUT2D eigenvalue weighted by Gasteiger charge is 2.17. The van der Waals surface area contributed by atoms with E-state index in [1.54, 1.807) is 0 Å². The van der Waals surface area contributed by atoms with Gasteiger partial charge in [-0.25, -0.2) is 13.2 Å². The van der Waals surface area contributed by atoms with Crippen molar-refractivity contribution >= 4 is 21.4 Å². The van der Waals surface area contributed by atoms with E-state index in [1.807, 2.05) is 0 Å². The van der Waals surface area contributed by atoms with E-state index in [4.69, 9.17) is 11.6 Å². The Hall–Kier alpha value is -2.71. The minimum absolute atomic E-state index is 0.0612. The van der Waals surface area contributed by atoms with Crippen molar-refractivity contribution in [3.8, 4) is 5.69 Å². The number of nitrogens with zero attached hydrogens (tertiary/aromatic N) is 2. The lowest BCUT2D eigenvalue weighted by Gasteiger charge is -2.07. The summed E-state index contributed by atoms with van der Waals surface area (Å²) in [5.41, 5.74) is -1.000. The zero-order valence-electron chi connectivity index (χ0n) is 12.0. The van der Waals surface area contributed by atoms with Gasteiger partial charge in [0, 0.05) is 5.02 Å². The Morgan fingerprint density at radius 3 is 2.00 bits per heavy atom. The van der Waals surface area contributed by atoms with E-state index in [0.29, 0.717) is 10.7 Å². The van der Waals surface area contributed by atoms with E-state index in [-0.39, 0.29) is 9.79 Å². The Balaban J connectivity index is 2.01. The second kappa shape index (κ2) is 6.06. The van der Waals surface area contributed by atoms with Gasteiger partial charge in [-0.3, -0.25) is 9.78 Å². The van der Waals surface area contributed by atoms with E-state index < -0.39 is 21.1 Å². The first-order chi connectivity index (χ1) is 11.4. The third kappa shape index (κ3) is 3.01. The molecule has 122 valence electrons. The largest absolute Gasteiger partial charge is 0.349 e. The first kappa shape index (κ1) is 16.2. The molecule has 0 radical (unpaired) electrons. The average Bonchev–Trinajstić information content (AvgIpc) is 2.55. The maximum Gasteiger partial charge on any atom is 0.349 e. The highest BCUT2D eigenvalue weighted by atomic mass is 35.5. The summed E-state index contributed by atoms with van der Waals surface area (Å²) in [5.74, 6) is 0. The maximum atomic E-state index is 12.5. The second-order valence-corrected chi connectivity index (χ2v) is 7.19. The number of hydrogen-bond acceptors (Lipinski definition) is 5. The van der Waals surface area contributed by atoms with Crippen LogP contribution in [0.15, 0.2) is 74.1 Å². The zero-order chi connectivity index (χ0) is 17.3. The summed E-state index contributed by atoms with van der Waals surface area (Å²) >= 11 is 5.76. The van der Waals surface area contributed by atoms with Gasteiger partial charge in [-0.15, -0.1) is 0 Å². The van der Waals surface area contributed by atoms with Gasteiger partial charge in [-0.05, 0) is 48.5 Å². The van der Waals surface area contributed by atoms with Crippen molar-refractivity contribution in [1.29, 1.82) is 0 Å². The summed E-state index contributed by atoms with van der Waals surface area (Å²) in [6.07, 6.45) is 0.958. The number of H-pyrrole nitrogens is 1. The van der Waals surface area contributed by atoms with Gasteiger partial charge in [-0.2, -0.15) is 9.78 Å². The maximum absolute atomic E-state index is 12.5. The van der Waals surface area contributed by atoms with Gasteiger partial charge in [0.2, 0.25) is 9.84 Å². The third-order valence-corrected chi connectivity index (χ3v) is 5.27. The van der Waals surface area contributed by atoms with Crippen LogP contribution in [-0.4, -0.2) is 23.2 Å². The van der Waals surface area contributed by atoms with Gasteiger partial charge in [0.25, 0.3) is 5.56 Å². The zero-order valence-corrected chi connectivity index (χ0v) is 13.6. The molecule has 9 heteroatoms. The summed E-state index contributed by atoms with van der Waals surface area (Å²) in [4.78, 5) is 25.0. The number of rotatable bonds is 3. The van der Waals surface area contributed by atoms with Crippen molar-refractivity contribution in [1.82, 2.24) is 14.8 Å². The lowest BCUT2D eigenvalue weighted by atomic mass is 10.3. The Morgan fingerprint density at radius 1 is 0.917 bits per heavy atom. The van der Waals surface area contributed by atoms with Crippen molar-refractivity contribution < 1.29 is 8.42 Å². The lowest BCUT2D eigenvalue weighted by molar-refractivity contribution is 0.596. The molecule has 0 amide bonds. The van der Waals surface area contributed by atoms with Crippen LogP contribution in [0.3, 0.4) is 0 Å². The highest BCUT2D eigenvalue weighted by molar-refractivity contribution is 7.91. The SMILES string of the molecule is O=c1cnn(-c2ccc(S(=O)(=O)c3ccc(Cl)cc3)cc2)c(=O)[nH]1. The molecule has 3 aromatic rings.